The van der Waals surface area contributed by atoms with Crippen molar-refractivity contribution in [2.75, 3.05) is 11.9 Å². The smallest absolute Gasteiger partial charge is 0.282 e. The van der Waals surface area contributed by atoms with E-state index in [9.17, 15) is 4.79 Å². The first-order chi connectivity index (χ1) is 13.3. The molecule has 1 N–H and O–H groups in total. The van der Waals surface area contributed by atoms with Crippen LogP contribution in [0.4, 0.5) is 11.6 Å². The molecule has 0 radical (unpaired) electrons. The number of hydrogen-bond acceptors (Lipinski definition) is 4. The molecule has 0 aliphatic rings. The Bertz CT molecular complexity index is 1090. The predicted octanol–water partition coefficient (Wildman–Crippen LogP) is 4.22. The van der Waals surface area contributed by atoms with Crippen LogP contribution in [0.15, 0.2) is 89.7 Å². The minimum absolute atomic E-state index is 0.246. The largest absolute Gasteiger partial charge is 0.492 e. The van der Waals surface area contributed by atoms with Crippen molar-refractivity contribution in [2.45, 2.75) is 6.54 Å². The molecule has 0 aliphatic carbocycles. The van der Waals surface area contributed by atoms with Gasteiger partial charge in [0.1, 0.15) is 12.4 Å². The Labute approximate surface area is 156 Å². The molecule has 5 heteroatoms. The minimum atomic E-state index is -0.246. The maximum Gasteiger partial charge on any atom is 0.282 e. The summed E-state index contributed by atoms with van der Waals surface area (Å²) in [5.41, 5.74) is 1.45. The fourth-order valence-electron chi connectivity index (χ4n) is 2.96. The lowest BCUT2D eigenvalue weighted by atomic mass is 10.2. The first-order valence-electron chi connectivity index (χ1n) is 8.81. The van der Waals surface area contributed by atoms with Crippen molar-refractivity contribution in [3.05, 3.63) is 95.3 Å². The van der Waals surface area contributed by atoms with Crippen molar-refractivity contribution < 1.29 is 4.74 Å². The average molecular weight is 357 g/mol. The standard InChI is InChI=1S/C22H19N3O2/c26-21-19-13-7-8-14-20(19)25(15-16-27-18-11-5-2-6-12-18)22(24-21)23-17-9-3-1-4-10-17/h1-14H,15-16H2,(H,23,24,26). The molecule has 0 spiro atoms. The highest BCUT2D eigenvalue weighted by Crippen LogP contribution is 2.19. The lowest BCUT2D eigenvalue weighted by molar-refractivity contribution is 0.300. The van der Waals surface area contributed by atoms with Crippen LogP contribution in [0.1, 0.15) is 0 Å². The zero-order valence-electron chi connectivity index (χ0n) is 14.7. The molecular weight excluding hydrogens is 338 g/mol. The van der Waals surface area contributed by atoms with Gasteiger partial charge in [0.15, 0.2) is 0 Å². The van der Waals surface area contributed by atoms with Crippen LogP contribution in [0.2, 0.25) is 0 Å². The van der Waals surface area contributed by atoms with Crippen molar-refractivity contribution in [2.24, 2.45) is 0 Å². The van der Waals surface area contributed by atoms with Crippen molar-refractivity contribution in [3.63, 3.8) is 0 Å². The number of ether oxygens (including phenoxy) is 1. The quantitative estimate of drug-likeness (QED) is 0.561. The first-order valence-corrected chi connectivity index (χ1v) is 8.81. The Balaban J connectivity index is 1.68. The Kier molecular flexibility index (Phi) is 4.83. The third kappa shape index (κ3) is 3.82. The summed E-state index contributed by atoms with van der Waals surface area (Å²) in [6, 6.07) is 26.9. The molecule has 0 amide bonds. The normalized spacial score (nSPS) is 10.7. The van der Waals surface area contributed by atoms with E-state index in [4.69, 9.17) is 4.74 Å². The Morgan fingerprint density at radius 3 is 2.30 bits per heavy atom. The van der Waals surface area contributed by atoms with Crippen LogP contribution in [0.3, 0.4) is 0 Å². The van der Waals surface area contributed by atoms with Crippen molar-refractivity contribution in [3.8, 4) is 5.75 Å². The Morgan fingerprint density at radius 2 is 1.52 bits per heavy atom. The van der Waals surface area contributed by atoms with Crippen LogP contribution >= 0.6 is 0 Å². The minimum Gasteiger partial charge on any atom is -0.492 e. The van der Waals surface area contributed by atoms with Gasteiger partial charge in [-0.25, -0.2) is 0 Å². The Morgan fingerprint density at radius 1 is 0.852 bits per heavy atom. The molecule has 0 fully saturated rings. The second-order valence-electron chi connectivity index (χ2n) is 6.06. The fourth-order valence-corrected chi connectivity index (χ4v) is 2.96. The number of anilines is 2. The summed E-state index contributed by atoms with van der Waals surface area (Å²) >= 11 is 0. The van der Waals surface area contributed by atoms with Crippen LogP contribution in [0, 0.1) is 0 Å². The van der Waals surface area contributed by atoms with Gasteiger partial charge in [-0.1, -0.05) is 48.5 Å². The van der Waals surface area contributed by atoms with Gasteiger partial charge in [-0.3, -0.25) is 4.79 Å². The van der Waals surface area contributed by atoms with Gasteiger partial charge in [0.05, 0.1) is 17.4 Å². The first kappa shape index (κ1) is 16.8. The highest BCUT2D eigenvalue weighted by molar-refractivity contribution is 5.79. The molecule has 0 bridgehead atoms. The van der Waals surface area contributed by atoms with Gasteiger partial charge < -0.3 is 14.6 Å². The van der Waals surface area contributed by atoms with E-state index in [-0.39, 0.29) is 5.56 Å². The van der Waals surface area contributed by atoms with Crippen LogP contribution in [0.5, 0.6) is 5.75 Å². The zero-order chi connectivity index (χ0) is 18.5. The average Bonchev–Trinajstić information content (AvgIpc) is 2.72. The maximum absolute atomic E-state index is 12.4. The van der Waals surface area contributed by atoms with Crippen LogP contribution in [-0.2, 0) is 6.54 Å². The highest BCUT2D eigenvalue weighted by atomic mass is 16.5. The third-order valence-electron chi connectivity index (χ3n) is 4.25. The molecule has 27 heavy (non-hydrogen) atoms. The van der Waals surface area contributed by atoms with Crippen LogP contribution in [-0.4, -0.2) is 16.2 Å². The number of rotatable bonds is 6. The van der Waals surface area contributed by atoms with Gasteiger partial charge >= 0.3 is 0 Å². The predicted molar refractivity (Wildman–Crippen MR) is 108 cm³/mol. The van der Waals surface area contributed by atoms with E-state index in [1.807, 2.05) is 83.4 Å². The van der Waals surface area contributed by atoms with Gasteiger partial charge in [-0.2, -0.15) is 4.98 Å². The monoisotopic (exact) mass is 357 g/mol. The second kappa shape index (κ2) is 7.74. The molecule has 5 nitrogen and oxygen atoms in total. The number of para-hydroxylation sites is 3. The lowest BCUT2D eigenvalue weighted by Crippen LogP contribution is -2.20. The maximum atomic E-state index is 12.4. The highest BCUT2D eigenvalue weighted by Gasteiger charge is 2.11. The molecular formula is C22H19N3O2. The van der Waals surface area contributed by atoms with E-state index in [1.54, 1.807) is 6.07 Å². The molecule has 1 heterocycles. The van der Waals surface area contributed by atoms with Gasteiger partial charge in [-0.15, -0.1) is 0 Å². The SMILES string of the molecule is O=c1nc(Nc2ccccc2)n(CCOc2ccccc2)c2ccccc12. The second-order valence-corrected chi connectivity index (χ2v) is 6.06. The zero-order valence-corrected chi connectivity index (χ0v) is 14.7. The van der Waals surface area contributed by atoms with Crippen molar-refractivity contribution >= 4 is 22.5 Å². The number of hydrogen-bond donors (Lipinski definition) is 1. The molecule has 0 aliphatic heterocycles. The molecule has 1 aromatic heterocycles. The molecule has 134 valence electrons. The van der Waals surface area contributed by atoms with E-state index >= 15 is 0 Å². The van der Waals surface area contributed by atoms with Crippen molar-refractivity contribution in [1.29, 1.82) is 0 Å². The summed E-state index contributed by atoms with van der Waals surface area (Å²) in [7, 11) is 0. The summed E-state index contributed by atoms with van der Waals surface area (Å²) in [4.78, 5) is 16.7. The van der Waals surface area contributed by atoms with Crippen LogP contribution in [0.25, 0.3) is 10.9 Å². The number of nitrogens with zero attached hydrogens (tertiary/aromatic N) is 2. The summed E-state index contributed by atoms with van der Waals surface area (Å²) in [5, 5.41) is 3.84. The summed E-state index contributed by atoms with van der Waals surface area (Å²) in [6.45, 7) is 1.01. The Hall–Kier alpha value is -3.60. The molecule has 0 atom stereocenters. The van der Waals surface area contributed by atoms with E-state index < -0.39 is 0 Å². The lowest BCUT2D eigenvalue weighted by Gasteiger charge is -2.17. The van der Waals surface area contributed by atoms with Crippen molar-refractivity contribution in [1.82, 2.24) is 9.55 Å². The van der Waals surface area contributed by atoms with Gasteiger partial charge in [-0.05, 0) is 36.4 Å². The summed E-state index contributed by atoms with van der Waals surface area (Å²) in [5.74, 6) is 1.31. The van der Waals surface area contributed by atoms with E-state index in [1.165, 1.54) is 0 Å². The molecule has 0 unspecified atom stereocenters. The third-order valence-corrected chi connectivity index (χ3v) is 4.25. The summed E-state index contributed by atoms with van der Waals surface area (Å²) < 4.78 is 7.82. The molecule has 3 aromatic carbocycles. The number of aromatic nitrogens is 2. The molecule has 0 saturated carbocycles. The van der Waals surface area contributed by atoms with Gasteiger partial charge in [0.25, 0.3) is 5.56 Å². The molecule has 0 saturated heterocycles. The van der Waals surface area contributed by atoms with E-state index in [0.29, 0.717) is 24.5 Å². The molecule has 4 rings (SSSR count). The van der Waals surface area contributed by atoms with Gasteiger partial charge in [0, 0.05) is 5.69 Å². The number of nitrogens with one attached hydrogen (secondary N) is 1. The van der Waals surface area contributed by atoms with E-state index in [0.717, 1.165) is 17.0 Å². The fraction of sp³-hybridized carbons (Fsp3) is 0.0909. The number of benzene rings is 3. The number of fused-ring (bicyclic) bond motifs is 1. The summed E-state index contributed by atoms with van der Waals surface area (Å²) in [6.07, 6.45) is 0. The topological polar surface area (TPSA) is 56.2 Å². The molecule has 4 aromatic rings. The van der Waals surface area contributed by atoms with Crippen LogP contribution < -0.4 is 15.6 Å². The van der Waals surface area contributed by atoms with E-state index in [2.05, 4.69) is 10.3 Å². The van der Waals surface area contributed by atoms with Gasteiger partial charge in [0.2, 0.25) is 5.95 Å².